The van der Waals surface area contributed by atoms with Crippen LogP contribution in [-0.4, -0.2) is 54.7 Å². The number of nitrogens with one attached hydrogen (secondary N) is 1. The summed E-state index contributed by atoms with van der Waals surface area (Å²) in [5.74, 6) is 1.78. The van der Waals surface area contributed by atoms with Crippen molar-refractivity contribution in [1.29, 1.82) is 0 Å². The van der Waals surface area contributed by atoms with E-state index >= 15 is 0 Å². The largest absolute Gasteiger partial charge is 0.497 e. The van der Waals surface area contributed by atoms with E-state index in [0.717, 1.165) is 11.3 Å². The predicted molar refractivity (Wildman–Crippen MR) is 136 cm³/mol. The molecule has 4 aromatic rings. The molecule has 0 radical (unpaired) electrons. The van der Waals surface area contributed by atoms with Crippen molar-refractivity contribution >= 4 is 11.6 Å². The third-order valence-corrected chi connectivity index (χ3v) is 5.30. The summed E-state index contributed by atoms with van der Waals surface area (Å²) in [7, 11) is 3.20. The lowest BCUT2D eigenvalue weighted by Crippen LogP contribution is -2.11. The molecule has 4 rings (SSSR count). The Kier molecular flexibility index (Phi) is 8.15. The first-order valence-corrected chi connectivity index (χ1v) is 11.5. The van der Waals surface area contributed by atoms with Crippen molar-refractivity contribution in [2.24, 2.45) is 0 Å². The fraction of sp³-hybridized carbons (Fsp3) is 0.222. The van der Waals surface area contributed by atoms with Gasteiger partial charge in [-0.3, -0.25) is 4.79 Å². The lowest BCUT2D eigenvalue weighted by atomic mass is 10.2. The summed E-state index contributed by atoms with van der Waals surface area (Å²) in [5, 5.41) is 7.45. The van der Waals surface area contributed by atoms with E-state index in [-0.39, 0.29) is 11.9 Å². The summed E-state index contributed by atoms with van der Waals surface area (Å²) < 4.78 is 23.2. The van der Waals surface area contributed by atoms with Gasteiger partial charge in [0, 0.05) is 23.4 Å². The van der Waals surface area contributed by atoms with Crippen LogP contribution < -0.4 is 19.5 Å². The van der Waals surface area contributed by atoms with Gasteiger partial charge in [-0.1, -0.05) is 12.1 Å². The van der Waals surface area contributed by atoms with Gasteiger partial charge in [0.2, 0.25) is 0 Å². The monoisotopic (exact) mass is 488 g/mol. The molecule has 1 aromatic heterocycles. The molecule has 36 heavy (non-hydrogen) atoms. The van der Waals surface area contributed by atoms with Gasteiger partial charge in [-0.2, -0.15) is 4.98 Å². The summed E-state index contributed by atoms with van der Waals surface area (Å²) in [5.41, 5.74) is 2.75. The molecule has 0 saturated heterocycles. The average Bonchev–Trinajstić information content (AvgIpc) is 3.36. The normalized spacial score (nSPS) is 10.6. The Labute approximate surface area is 209 Å². The summed E-state index contributed by atoms with van der Waals surface area (Å²) in [6.07, 6.45) is 0. The number of hydrogen-bond acceptors (Lipinski definition) is 7. The maximum atomic E-state index is 12.6. The molecule has 0 aliphatic rings. The van der Waals surface area contributed by atoms with Crippen LogP contribution in [0.1, 0.15) is 17.3 Å². The molecule has 3 aromatic carbocycles. The average molecular weight is 489 g/mol. The first kappa shape index (κ1) is 24.7. The molecule has 0 fully saturated rings. The SMILES string of the molecule is CCOCCOc1nc(-c2cccc(OC)c2)n(-c2ccc(NC(=O)c3ccc(OC)cc3)cc2)n1. The molecular weight excluding hydrogens is 460 g/mol. The Bertz CT molecular complexity index is 1290. The molecule has 1 N–H and O–H groups in total. The molecule has 0 saturated carbocycles. The molecule has 0 unspecified atom stereocenters. The van der Waals surface area contributed by atoms with Crippen LogP contribution in [0.4, 0.5) is 5.69 Å². The van der Waals surface area contributed by atoms with Gasteiger partial charge in [0.1, 0.15) is 18.1 Å². The highest BCUT2D eigenvalue weighted by Crippen LogP contribution is 2.27. The van der Waals surface area contributed by atoms with Gasteiger partial charge in [-0.25, -0.2) is 4.68 Å². The van der Waals surface area contributed by atoms with Crippen LogP contribution in [0.3, 0.4) is 0 Å². The third-order valence-electron chi connectivity index (χ3n) is 5.30. The zero-order valence-corrected chi connectivity index (χ0v) is 20.4. The van der Waals surface area contributed by atoms with Gasteiger partial charge >= 0.3 is 6.01 Å². The van der Waals surface area contributed by atoms with Gasteiger partial charge in [0.05, 0.1) is 26.5 Å². The second-order valence-electron chi connectivity index (χ2n) is 7.64. The molecule has 1 amide bonds. The number of anilines is 1. The van der Waals surface area contributed by atoms with Crippen LogP contribution in [0, 0.1) is 0 Å². The van der Waals surface area contributed by atoms with E-state index < -0.39 is 0 Å². The molecule has 9 nitrogen and oxygen atoms in total. The lowest BCUT2D eigenvalue weighted by molar-refractivity contribution is 0.102. The second kappa shape index (κ2) is 11.9. The topological polar surface area (TPSA) is 96.7 Å². The van der Waals surface area contributed by atoms with E-state index in [4.69, 9.17) is 18.9 Å². The maximum absolute atomic E-state index is 12.6. The van der Waals surface area contributed by atoms with Crippen molar-refractivity contribution < 1.29 is 23.7 Å². The number of aromatic nitrogens is 3. The van der Waals surface area contributed by atoms with E-state index in [1.807, 2.05) is 55.5 Å². The highest BCUT2D eigenvalue weighted by Gasteiger charge is 2.16. The molecule has 0 atom stereocenters. The van der Waals surface area contributed by atoms with Crippen molar-refractivity contribution in [3.05, 3.63) is 78.4 Å². The summed E-state index contributed by atoms with van der Waals surface area (Å²) in [6.45, 7) is 3.33. The van der Waals surface area contributed by atoms with E-state index in [9.17, 15) is 4.79 Å². The van der Waals surface area contributed by atoms with Crippen molar-refractivity contribution in [2.45, 2.75) is 6.92 Å². The van der Waals surface area contributed by atoms with E-state index in [1.165, 1.54) is 0 Å². The standard InChI is InChI=1S/C27H28N4O5/c1-4-35-16-17-36-27-29-25(20-6-5-7-24(18-20)34-3)31(30-27)22-12-10-21(11-13-22)28-26(32)19-8-14-23(33-2)15-9-19/h5-15,18H,4,16-17H2,1-3H3,(H,28,32). The summed E-state index contributed by atoms with van der Waals surface area (Å²) in [6, 6.07) is 22.1. The molecular formula is C27H28N4O5. The highest BCUT2D eigenvalue weighted by atomic mass is 16.5. The number of rotatable bonds is 11. The minimum absolute atomic E-state index is 0.215. The van der Waals surface area contributed by atoms with Crippen LogP contribution in [0.2, 0.25) is 0 Å². The number of nitrogens with zero attached hydrogens (tertiary/aromatic N) is 3. The number of ether oxygens (including phenoxy) is 4. The number of carbonyl (C=O) groups is 1. The van der Waals surface area contributed by atoms with Gasteiger partial charge in [-0.15, -0.1) is 5.10 Å². The van der Waals surface area contributed by atoms with Gasteiger partial charge in [0.15, 0.2) is 5.82 Å². The van der Waals surface area contributed by atoms with Crippen LogP contribution in [0.15, 0.2) is 72.8 Å². The Hall–Kier alpha value is -4.37. The van der Waals surface area contributed by atoms with E-state index in [1.54, 1.807) is 43.2 Å². The summed E-state index contributed by atoms with van der Waals surface area (Å²) in [4.78, 5) is 17.2. The predicted octanol–water partition coefficient (Wildman–Crippen LogP) is 4.62. The maximum Gasteiger partial charge on any atom is 0.336 e. The molecule has 0 aliphatic heterocycles. The quantitative estimate of drug-likeness (QED) is 0.308. The smallest absolute Gasteiger partial charge is 0.336 e. The van der Waals surface area contributed by atoms with Crippen LogP contribution >= 0.6 is 0 Å². The Morgan fingerprint density at radius 3 is 2.36 bits per heavy atom. The Morgan fingerprint density at radius 2 is 1.67 bits per heavy atom. The Morgan fingerprint density at radius 1 is 0.917 bits per heavy atom. The van der Waals surface area contributed by atoms with Crippen LogP contribution in [0.25, 0.3) is 17.1 Å². The molecule has 186 valence electrons. The zero-order chi connectivity index (χ0) is 25.3. The van der Waals surface area contributed by atoms with E-state index in [2.05, 4.69) is 15.4 Å². The molecule has 0 aliphatic carbocycles. The fourth-order valence-corrected chi connectivity index (χ4v) is 3.45. The number of carbonyl (C=O) groups excluding carboxylic acids is 1. The van der Waals surface area contributed by atoms with Crippen molar-refractivity contribution in [3.8, 4) is 34.6 Å². The fourth-order valence-electron chi connectivity index (χ4n) is 3.45. The minimum atomic E-state index is -0.215. The highest BCUT2D eigenvalue weighted by molar-refractivity contribution is 6.04. The van der Waals surface area contributed by atoms with Crippen molar-refractivity contribution in [2.75, 3.05) is 39.4 Å². The first-order chi connectivity index (χ1) is 17.6. The first-order valence-electron chi connectivity index (χ1n) is 11.5. The molecule has 0 spiro atoms. The minimum Gasteiger partial charge on any atom is -0.497 e. The molecule has 0 bridgehead atoms. The van der Waals surface area contributed by atoms with Crippen molar-refractivity contribution in [1.82, 2.24) is 14.8 Å². The Balaban J connectivity index is 1.57. The number of hydrogen-bond donors (Lipinski definition) is 1. The number of amides is 1. The third kappa shape index (κ3) is 6.00. The van der Waals surface area contributed by atoms with Gasteiger partial charge in [0.25, 0.3) is 5.91 Å². The van der Waals surface area contributed by atoms with Gasteiger partial charge in [-0.05, 0) is 67.6 Å². The van der Waals surface area contributed by atoms with E-state index in [0.29, 0.717) is 48.4 Å². The van der Waals surface area contributed by atoms with Crippen molar-refractivity contribution in [3.63, 3.8) is 0 Å². The number of methoxy groups -OCH3 is 2. The second-order valence-corrected chi connectivity index (χ2v) is 7.64. The molecule has 1 heterocycles. The lowest BCUT2D eigenvalue weighted by Gasteiger charge is -2.09. The number of benzene rings is 3. The van der Waals surface area contributed by atoms with Crippen LogP contribution in [-0.2, 0) is 4.74 Å². The van der Waals surface area contributed by atoms with Crippen LogP contribution in [0.5, 0.6) is 17.5 Å². The molecule has 9 heteroatoms. The summed E-state index contributed by atoms with van der Waals surface area (Å²) >= 11 is 0. The zero-order valence-electron chi connectivity index (χ0n) is 20.4. The van der Waals surface area contributed by atoms with Gasteiger partial charge < -0.3 is 24.3 Å².